The lowest BCUT2D eigenvalue weighted by Gasteiger charge is -2.18. The second-order valence-electron chi connectivity index (χ2n) is 6.20. The molecule has 26 heavy (non-hydrogen) atoms. The molecular formula is C21H25NO4. The van der Waals surface area contributed by atoms with Gasteiger partial charge in [0.2, 0.25) is 5.91 Å². The Morgan fingerprint density at radius 1 is 1.00 bits per heavy atom. The van der Waals surface area contributed by atoms with E-state index in [1.165, 1.54) is 5.56 Å². The van der Waals surface area contributed by atoms with Crippen molar-refractivity contribution in [2.75, 3.05) is 26.4 Å². The Morgan fingerprint density at radius 2 is 1.81 bits per heavy atom. The first kappa shape index (κ1) is 18.1. The largest absolute Gasteiger partial charge is 0.493 e. The summed E-state index contributed by atoms with van der Waals surface area (Å²) in [6.45, 7) is 2.31. The quantitative estimate of drug-likeness (QED) is 0.701. The van der Waals surface area contributed by atoms with Crippen LogP contribution in [0.1, 0.15) is 24.8 Å². The molecule has 2 aromatic carbocycles. The van der Waals surface area contributed by atoms with Crippen LogP contribution >= 0.6 is 0 Å². The third-order valence-electron chi connectivity index (χ3n) is 4.16. The highest BCUT2D eigenvalue weighted by Crippen LogP contribution is 2.31. The van der Waals surface area contributed by atoms with E-state index in [9.17, 15) is 4.79 Å². The summed E-state index contributed by atoms with van der Waals surface area (Å²) in [5.41, 5.74) is 1.23. The van der Waals surface area contributed by atoms with Crippen molar-refractivity contribution in [3.05, 3.63) is 54.1 Å². The Hall–Kier alpha value is -2.69. The van der Waals surface area contributed by atoms with E-state index >= 15 is 0 Å². The van der Waals surface area contributed by atoms with Gasteiger partial charge in [-0.05, 0) is 49.1 Å². The van der Waals surface area contributed by atoms with Crippen LogP contribution in [0, 0.1) is 0 Å². The molecule has 1 amide bonds. The maximum atomic E-state index is 11.8. The van der Waals surface area contributed by atoms with E-state index in [0.717, 1.165) is 36.5 Å². The van der Waals surface area contributed by atoms with E-state index in [0.29, 0.717) is 32.8 Å². The van der Waals surface area contributed by atoms with Gasteiger partial charge in [-0.3, -0.25) is 4.79 Å². The van der Waals surface area contributed by atoms with Crippen molar-refractivity contribution in [1.82, 2.24) is 5.32 Å². The van der Waals surface area contributed by atoms with Gasteiger partial charge >= 0.3 is 0 Å². The maximum Gasteiger partial charge on any atom is 0.223 e. The first-order valence-corrected chi connectivity index (χ1v) is 9.14. The van der Waals surface area contributed by atoms with Gasteiger partial charge in [0.1, 0.15) is 19.0 Å². The zero-order chi connectivity index (χ0) is 18.0. The predicted octanol–water partition coefficient (Wildman–Crippen LogP) is 3.37. The van der Waals surface area contributed by atoms with Gasteiger partial charge in [-0.1, -0.05) is 24.3 Å². The molecule has 5 heteroatoms. The zero-order valence-corrected chi connectivity index (χ0v) is 14.9. The van der Waals surface area contributed by atoms with Gasteiger partial charge in [-0.15, -0.1) is 0 Å². The molecule has 0 fully saturated rings. The molecule has 0 atom stereocenters. The van der Waals surface area contributed by atoms with Crippen molar-refractivity contribution in [2.45, 2.75) is 25.7 Å². The minimum absolute atomic E-state index is 0.0280. The Bertz CT molecular complexity index is 702. The summed E-state index contributed by atoms with van der Waals surface area (Å²) in [4.78, 5) is 11.8. The van der Waals surface area contributed by atoms with Crippen LogP contribution < -0.4 is 19.5 Å². The predicted molar refractivity (Wildman–Crippen MR) is 99.9 cm³/mol. The topological polar surface area (TPSA) is 56.8 Å². The number of para-hydroxylation sites is 1. The minimum atomic E-state index is 0.0280. The van der Waals surface area contributed by atoms with Crippen LogP contribution in [0.4, 0.5) is 0 Å². The molecule has 2 aromatic rings. The van der Waals surface area contributed by atoms with E-state index in [1.54, 1.807) is 0 Å². The fraction of sp³-hybridized carbons (Fsp3) is 0.381. The number of hydrogen-bond donors (Lipinski definition) is 1. The summed E-state index contributed by atoms with van der Waals surface area (Å²) in [5.74, 6) is 2.48. The number of fused-ring (bicyclic) bond motifs is 1. The van der Waals surface area contributed by atoms with Crippen molar-refractivity contribution in [2.24, 2.45) is 0 Å². The number of unbranched alkanes of at least 4 members (excludes halogenated alkanes) is 1. The van der Waals surface area contributed by atoms with Crippen LogP contribution in [0.15, 0.2) is 48.5 Å². The van der Waals surface area contributed by atoms with E-state index < -0.39 is 0 Å². The number of carbonyl (C=O) groups excluding carboxylic acids is 1. The molecule has 0 spiro atoms. The number of benzene rings is 2. The van der Waals surface area contributed by atoms with Crippen LogP contribution in [0.25, 0.3) is 0 Å². The minimum Gasteiger partial charge on any atom is -0.493 e. The fourth-order valence-electron chi connectivity index (χ4n) is 2.79. The fourth-order valence-corrected chi connectivity index (χ4v) is 2.79. The molecule has 0 saturated carbocycles. The van der Waals surface area contributed by atoms with Crippen molar-refractivity contribution in [3.63, 3.8) is 0 Å². The van der Waals surface area contributed by atoms with Crippen molar-refractivity contribution in [1.29, 1.82) is 0 Å². The smallest absolute Gasteiger partial charge is 0.223 e. The highest BCUT2D eigenvalue weighted by molar-refractivity contribution is 5.75. The number of amides is 1. The van der Waals surface area contributed by atoms with Crippen LogP contribution in [-0.2, 0) is 11.2 Å². The second kappa shape index (κ2) is 9.70. The zero-order valence-electron chi connectivity index (χ0n) is 14.9. The van der Waals surface area contributed by atoms with E-state index in [4.69, 9.17) is 14.2 Å². The van der Waals surface area contributed by atoms with Crippen LogP contribution in [0.2, 0.25) is 0 Å². The second-order valence-corrected chi connectivity index (χ2v) is 6.20. The summed E-state index contributed by atoms with van der Waals surface area (Å²) in [6.07, 6.45) is 3.29. The molecule has 1 N–H and O–H groups in total. The SMILES string of the molecule is O=C(CCOc1ccccc1)NCCCCc1ccc2c(c1)OCCO2. The Kier molecular flexibility index (Phi) is 6.76. The van der Waals surface area contributed by atoms with Crippen molar-refractivity contribution in [3.8, 4) is 17.2 Å². The molecule has 1 aliphatic heterocycles. The molecule has 0 saturated heterocycles. The first-order chi connectivity index (χ1) is 12.8. The highest BCUT2D eigenvalue weighted by Gasteiger charge is 2.11. The summed E-state index contributed by atoms with van der Waals surface area (Å²) in [5, 5.41) is 2.94. The molecule has 0 radical (unpaired) electrons. The summed E-state index contributed by atoms with van der Waals surface area (Å²) < 4.78 is 16.6. The summed E-state index contributed by atoms with van der Waals surface area (Å²) in [7, 11) is 0. The van der Waals surface area contributed by atoms with Gasteiger partial charge in [0.25, 0.3) is 0 Å². The standard InChI is InChI=1S/C21H25NO4/c23-21(11-13-24-18-7-2-1-3-8-18)22-12-5-4-6-17-9-10-19-20(16-17)26-15-14-25-19/h1-3,7-10,16H,4-6,11-15H2,(H,22,23). The van der Waals surface area contributed by atoms with Crippen LogP contribution in [-0.4, -0.2) is 32.3 Å². The van der Waals surface area contributed by atoms with Gasteiger partial charge in [0, 0.05) is 6.54 Å². The molecule has 0 bridgehead atoms. The van der Waals surface area contributed by atoms with E-state index in [1.807, 2.05) is 42.5 Å². The number of rotatable bonds is 9. The van der Waals surface area contributed by atoms with Crippen molar-refractivity contribution < 1.29 is 19.0 Å². The first-order valence-electron chi connectivity index (χ1n) is 9.14. The average molecular weight is 355 g/mol. The van der Waals surface area contributed by atoms with Gasteiger partial charge in [-0.2, -0.15) is 0 Å². The van der Waals surface area contributed by atoms with Gasteiger partial charge < -0.3 is 19.5 Å². The Morgan fingerprint density at radius 3 is 2.65 bits per heavy atom. The summed E-state index contributed by atoms with van der Waals surface area (Å²) in [6, 6.07) is 15.6. The highest BCUT2D eigenvalue weighted by atomic mass is 16.6. The third kappa shape index (κ3) is 5.69. The maximum absolute atomic E-state index is 11.8. The average Bonchev–Trinajstić information content (AvgIpc) is 2.68. The molecule has 5 nitrogen and oxygen atoms in total. The number of hydrogen-bond acceptors (Lipinski definition) is 4. The molecule has 138 valence electrons. The van der Waals surface area contributed by atoms with Gasteiger partial charge in [0.15, 0.2) is 11.5 Å². The molecule has 3 rings (SSSR count). The number of carbonyl (C=O) groups is 1. The lowest BCUT2D eigenvalue weighted by Crippen LogP contribution is -2.26. The Labute approximate surface area is 154 Å². The van der Waals surface area contributed by atoms with Crippen molar-refractivity contribution >= 4 is 5.91 Å². The Balaban J connectivity index is 1.26. The van der Waals surface area contributed by atoms with E-state index in [2.05, 4.69) is 11.4 Å². The third-order valence-corrected chi connectivity index (χ3v) is 4.16. The number of ether oxygens (including phenoxy) is 3. The molecule has 0 unspecified atom stereocenters. The molecule has 0 aliphatic carbocycles. The molecule has 1 aliphatic rings. The molecule has 0 aromatic heterocycles. The summed E-state index contributed by atoms with van der Waals surface area (Å²) >= 11 is 0. The van der Waals surface area contributed by atoms with Crippen LogP contribution in [0.3, 0.4) is 0 Å². The monoisotopic (exact) mass is 355 g/mol. The number of aryl methyl sites for hydroxylation is 1. The van der Waals surface area contributed by atoms with E-state index in [-0.39, 0.29) is 5.91 Å². The van der Waals surface area contributed by atoms with Crippen LogP contribution in [0.5, 0.6) is 17.2 Å². The lowest BCUT2D eigenvalue weighted by molar-refractivity contribution is -0.121. The normalized spacial score (nSPS) is 12.5. The molecule has 1 heterocycles. The molecular weight excluding hydrogens is 330 g/mol. The van der Waals surface area contributed by atoms with Gasteiger partial charge in [0.05, 0.1) is 13.0 Å². The number of nitrogens with one attached hydrogen (secondary N) is 1. The van der Waals surface area contributed by atoms with Gasteiger partial charge in [-0.25, -0.2) is 0 Å². The lowest BCUT2D eigenvalue weighted by atomic mass is 10.1.